The van der Waals surface area contributed by atoms with Gasteiger partial charge in [0.2, 0.25) is 10.0 Å². The van der Waals surface area contributed by atoms with Gasteiger partial charge in [0.25, 0.3) is 0 Å². The topological polar surface area (TPSA) is 82.8 Å². The van der Waals surface area contributed by atoms with Crippen LogP contribution in [0, 0.1) is 18.3 Å². The van der Waals surface area contributed by atoms with Gasteiger partial charge < -0.3 is 0 Å². The van der Waals surface area contributed by atoms with Crippen molar-refractivity contribution in [3.05, 3.63) is 59.3 Å². The van der Waals surface area contributed by atoms with E-state index in [9.17, 15) is 8.42 Å². The van der Waals surface area contributed by atoms with Crippen molar-refractivity contribution in [3.8, 4) is 6.07 Å². The number of aryl methyl sites for hydroxylation is 1. The van der Waals surface area contributed by atoms with Gasteiger partial charge in [-0.25, -0.2) is 13.4 Å². The summed E-state index contributed by atoms with van der Waals surface area (Å²) >= 11 is 0. The quantitative estimate of drug-likeness (QED) is 0.934. The third-order valence-electron chi connectivity index (χ3n) is 2.70. The summed E-state index contributed by atoms with van der Waals surface area (Å²) < 4.78 is 26.6. The first-order valence-electron chi connectivity index (χ1n) is 5.91. The highest BCUT2D eigenvalue weighted by atomic mass is 32.2. The van der Waals surface area contributed by atoms with E-state index in [2.05, 4.69) is 9.71 Å². The highest BCUT2D eigenvalue weighted by molar-refractivity contribution is 7.91. The summed E-state index contributed by atoms with van der Waals surface area (Å²) in [6.45, 7) is 1.78. The molecule has 1 heterocycles. The zero-order valence-electron chi connectivity index (χ0n) is 10.9. The normalized spacial score (nSPS) is 10.8. The molecule has 0 fully saturated rings. The highest BCUT2D eigenvalue weighted by Gasteiger charge is 2.13. The number of rotatable bonds is 4. The molecule has 1 N–H and O–H groups in total. The van der Waals surface area contributed by atoms with Crippen LogP contribution in [0.3, 0.4) is 0 Å². The van der Waals surface area contributed by atoms with Crippen molar-refractivity contribution in [2.24, 2.45) is 0 Å². The standard InChI is InChI=1S/C14H13N3O2S/c1-11-3-2-8-16-14(11)17-20(18,19)10-13-6-4-12(9-15)5-7-13/h2-8H,10H2,1H3,(H,16,17). The smallest absolute Gasteiger partial charge is 0.238 e. The van der Waals surface area contributed by atoms with Gasteiger partial charge >= 0.3 is 0 Å². The maximum Gasteiger partial charge on any atom is 0.238 e. The van der Waals surface area contributed by atoms with Crippen LogP contribution in [0.2, 0.25) is 0 Å². The number of pyridine rings is 1. The van der Waals surface area contributed by atoms with Crippen molar-refractivity contribution >= 4 is 15.8 Å². The molecule has 0 amide bonds. The van der Waals surface area contributed by atoms with Gasteiger partial charge in [0.15, 0.2) is 0 Å². The lowest BCUT2D eigenvalue weighted by molar-refractivity contribution is 0.600. The monoisotopic (exact) mass is 287 g/mol. The second-order valence-electron chi connectivity index (χ2n) is 4.34. The van der Waals surface area contributed by atoms with Gasteiger partial charge in [-0.05, 0) is 36.2 Å². The minimum absolute atomic E-state index is 0.158. The minimum Gasteiger partial charge on any atom is -0.267 e. The average Bonchev–Trinajstić information content (AvgIpc) is 2.41. The SMILES string of the molecule is Cc1cccnc1NS(=O)(=O)Cc1ccc(C#N)cc1. The van der Waals surface area contributed by atoms with Gasteiger partial charge in [0, 0.05) is 6.20 Å². The molecule has 0 atom stereocenters. The van der Waals surface area contributed by atoms with Crippen molar-refractivity contribution in [3.63, 3.8) is 0 Å². The number of nitriles is 1. The Morgan fingerprint density at radius 3 is 2.55 bits per heavy atom. The second kappa shape index (κ2) is 5.72. The molecule has 5 nitrogen and oxygen atoms in total. The third-order valence-corrected chi connectivity index (χ3v) is 3.92. The first kappa shape index (κ1) is 14.0. The number of nitrogens with one attached hydrogen (secondary N) is 1. The predicted octanol–water partition coefficient (Wildman–Crippen LogP) is 2.20. The number of aromatic nitrogens is 1. The van der Waals surface area contributed by atoms with E-state index in [4.69, 9.17) is 5.26 Å². The molecule has 2 aromatic rings. The van der Waals surface area contributed by atoms with Gasteiger partial charge in [-0.1, -0.05) is 18.2 Å². The van der Waals surface area contributed by atoms with E-state index < -0.39 is 10.0 Å². The molecule has 0 saturated heterocycles. The van der Waals surface area contributed by atoms with Crippen LogP contribution in [0.15, 0.2) is 42.6 Å². The summed E-state index contributed by atoms with van der Waals surface area (Å²) in [5, 5.41) is 8.70. The summed E-state index contributed by atoms with van der Waals surface area (Å²) in [5.41, 5.74) is 1.88. The summed E-state index contributed by atoms with van der Waals surface area (Å²) in [5.74, 6) is 0.176. The highest BCUT2D eigenvalue weighted by Crippen LogP contribution is 2.14. The van der Waals surface area contributed by atoms with Gasteiger partial charge in [-0.2, -0.15) is 5.26 Å². The molecule has 0 spiro atoms. The Labute approximate surface area is 118 Å². The van der Waals surface area contributed by atoms with Gasteiger partial charge in [0.05, 0.1) is 17.4 Å². The minimum atomic E-state index is -3.53. The first-order valence-corrected chi connectivity index (χ1v) is 7.56. The molecule has 102 valence electrons. The predicted molar refractivity (Wildman–Crippen MR) is 76.4 cm³/mol. The van der Waals surface area contributed by atoms with Crippen molar-refractivity contribution in [2.45, 2.75) is 12.7 Å². The Kier molecular flexibility index (Phi) is 4.01. The third kappa shape index (κ3) is 3.56. The second-order valence-corrected chi connectivity index (χ2v) is 6.06. The molecule has 0 unspecified atom stereocenters. The molecule has 0 saturated carbocycles. The Morgan fingerprint density at radius 1 is 1.25 bits per heavy atom. The number of benzene rings is 1. The van der Waals surface area contributed by atoms with Crippen LogP contribution in [0.1, 0.15) is 16.7 Å². The molecule has 1 aromatic carbocycles. The Morgan fingerprint density at radius 2 is 1.95 bits per heavy atom. The van der Waals surface area contributed by atoms with E-state index >= 15 is 0 Å². The first-order chi connectivity index (χ1) is 9.50. The largest absolute Gasteiger partial charge is 0.267 e. The maximum atomic E-state index is 12.1. The van der Waals surface area contributed by atoms with Crippen LogP contribution in [0.4, 0.5) is 5.82 Å². The molecule has 6 heteroatoms. The molecule has 0 aliphatic rings. The van der Waals surface area contributed by atoms with Gasteiger partial charge in [-0.15, -0.1) is 0 Å². The fourth-order valence-electron chi connectivity index (χ4n) is 1.67. The number of nitrogens with zero attached hydrogens (tertiary/aromatic N) is 2. The zero-order chi connectivity index (χ0) is 14.6. The average molecular weight is 287 g/mol. The van der Waals surface area contributed by atoms with E-state index in [0.717, 1.165) is 5.56 Å². The molecule has 0 aliphatic carbocycles. The number of sulfonamides is 1. The van der Waals surface area contributed by atoms with Crippen LogP contribution < -0.4 is 4.72 Å². The summed E-state index contributed by atoms with van der Waals surface area (Å²) in [6.07, 6.45) is 1.53. The van der Waals surface area contributed by atoms with Crippen molar-refractivity contribution in [1.29, 1.82) is 5.26 Å². The molecule has 0 aliphatic heterocycles. The van der Waals surface area contributed by atoms with E-state index in [1.807, 2.05) is 6.07 Å². The number of hydrogen-bond acceptors (Lipinski definition) is 4. The van der Waals surface area contributed by atoms with Crippen LogP contribution in [0.25, 0.3) is 0 Å². The van der Waals surface area contributed by atoms with Gasteiger partial charge in [0.1, 0.15) is 5.82 Å². The number of anilines is 1. The van der Waals surface area contributed by atoms with Crippen LogP contribution in [-0.4, -0.2) is 13.4 Å². The molecular formula is C14H13N3O2S. The maximum absolute atomic E-state index is 12.1. The van der Waals surface area contributed by atoms with E-state index in [-0.39, 0.29) is 5.75 Å². The van der Waals surface area contributed by atoms with Crippen LogP contribution in [-0.2, 0) is 15.8 Å². The fourth-order valence-corrected chi connectivity index (χ4v) is 2.88. The number of hydrogen-bond donors (Lipinski definition) is 1. The lowest BCUT2D eigenvalue weighted by atomic mass is 10.2. The summed E-state index contributed by atoms with van der Waals surface area (Å²) in [6, 6.07) is 12.0. The summed E-state index contributed by atoms with van der Waals surface area (Å²) in [4.78, 5) is 4.00. The van der Waals surface area contributed by atoms with Crippen molar-refractivity contribution < 1.29 is 8.42 Å². The van der Waals surface area contributed by atoms with E-state index in [1.54, 1.807) is 43.3 Å². The lowest BCUT2D eigenvalue weighted by Crippen LogP contribution is -2.16. The molecular weight excluding hydrogens is 274 g/mol. The lowest BCUT2D eigenvalue weighted by Gasteiger charge is -2.09. The molecule has 1 aromatic heterocycles. The van der Waals surface area contributed by atoms with Crippen LogP contribution >= 0.6 is 0 Å². The fraction of sp³-hybridized carbons (Fsp3) is 0.143. The Balaban J connectivity index is 2.15. The van der Waals surface area contributed by atoms with Crippen LogP contribution in [0.5, 0.6) is 0 Å². The zero-order valence-corrected chi connectivity index (χ0v) is 11.7. The molecule has 0 radical (unpaired) electrons. The Bertz CT molecular complexity index is 747. The molecule has 0 bridgehead atoms. The van der Waals surface area contributed by atoms with Crippen molar-refractivity contribution in [2.75, 3.05) is 4.72 Å². The van der Waals surface area contributed by atoms with E-state index in [0.29, 0.717) is 16.9 Å². The summed E-state index contributed by atoms with van der Waals surface area (Å²) in [7, 11) is -3.53. The van der Waals surface area contributed by atoms with E-state index in [1.165, 1.54) is 6.20 Å². The van der Waals surface area contributed by atoms with Gasteiger partial charge in [-0.3, -0.25) is 4.72 Å². The van der Waals surface area contributed by atoms with Crippen molar-refractivity contribution in [1.82, 2.24) is 4.98 Å². The Hall–Kier alpha value is -2.39. The molecule has 2 rings (SSSR count). The molecule has 20 heavy (non-hydrogen) atoms.